The van der Waals surface area contributed by atoms with E-state index in [2.05, 4.69) is 29.4 Å². The van der Waals surface area contributed by atoms with Crippen molar-refractivity contribution < 1.29 is 14.7 Å². The minimum absolute atomic E-state index is 0.233. The number of hydrogen-bond donors (Lipinski definition) is 2. The van der Waals surface area contributed by atoms with Crippen molar-refractivity contribution in [1.82, 2.24) is 0 Å². The summed E-state index contributed by atoms with van der Waals surface area (Å²) < 4.78 is 5.23. The van der Waals surface area contributed by atoms with E-state index in [1.165, 1.54) is 30.8 Å². The molecule has 1 atom stereocenters. The normalized spacial score (nSPS) is 22.2. The maximum Gasteiger partial charge on any atom is 0.142 e. The number of benzene rings is 1. The number of phenols is 1. The van der Waals surface area contributed by atoms with Crippen molar-refractivity contribution in [2.24, 2.45) is 10.9 Å². The van der Waals surface area contributed by atoms with Gasteiger partial charge in [0.05, 0.1) is 31.6 Å². The van der Waals surface area contributed by atoms with E-state index >= 15 is 0 Å². The first-order valence-electron chi connectivity index (χ1n) is 8.92. The molecule has 0 spiro atoms. The molecule has 2 N–H and O–H groups in total. The number of phenolic OH excluding ortho intramolecular Hbond substituents is 1. The number of hydrogen-bond acceptors (Lipinski definition) is 4. The number of thiophene rings is 1. The molecule has 134 valence electrons. The Bertz CT molecular complexity index is 692. The van der Waals surface area contributed by atoms with Crippen LogP contribution in [0.15, 0.2) is 40.7 Å². The molecule has 5 heteroatoms. The number of piperidine rings is 1. The number of likely N-dealkylation sites (tertiary alicyclic amines) is 1. The third-order valence-corrected chi connectivity index (χ3v) is 6.03. The second kappa shape index (κ2) is 8.50. The zero-order valence-electron chi connectivity index (χ0n) is 14.9. The Labute approximate surface area is 153 Å². The molecule has 0 saturated carbocycles. The standard InChI is InChI=1S/C20H26N2O2S/c1-15-7-9-22(10-8-15)18(20-4-3-11-25-20)14-21-13-16-12-17(24-2)5-6-19(16)23/h3-6,11-13,15,18,23H,7-10,14H2,1-2H3/p+1/t18-/m1/s1. The number of aliphatic imine (C=N–C) groups is 1. The van der Waals surface area contributed by atoms with Gasteiger partial charge >= 0.3 is 0 Å². The zero-order chi connectivity index (χ0) is 17.6. The number of nitrogens with zero attached hydrogens (tertiary/aromatic N) is 1. The topological polar surface area (TPSA) is 46.3 Å². The molecule has 25 heavy (non-hydrogen) atoms. The Morgan fingerprint density at radius 1 is 1.36 bits per heavy atom. The molecular weight excluding hydrogens is 332 g/mol. The van der Waals surface area contributed by atoms with E-state index in [1.54, 1.807) is 30.4 Å². The van der Waals surface area contributed by atoms with Gasteiger partial charge < -0.3 is 14.7 Å². The third kappa shape index (κ3) is 4.61. The quantitative estimate of drug-likeness (QED) is 0.779. The summed E-state index contributed by atoms with van der Waals surface area (Å²) in [6.45, 7) is 5.51. The number of methoxy groups -OCH3 is 1. The largest absolute Gasteiger partial charge is 0.507 e. The number of quaternary nitrogens is 1. The van der Waals surface area contributed by atoms with E-state index in [0.717, 1.165) is 18.2 Å². The van der Waals surface area contributed by atoms with Gasteiger partial charge in [0.1, 0.15) is 17.5 Å². The Hall–Kier alpha value is -1.85. The van der Waals surface area contributed by atoms with Gasteiger partial charge in [-0.2, -0.15) is 0 Å². The van der Waals surface area contributed by atoms with Gasteiger partial charge in [-0.1, -0.05) is 13.0 Å². The fraction of sp³-hybridized carbons (Fsp3) is 0.450. The van der Waals surface area contributed by atoms with E-state index in [0.29, 0.717) is 11.6 Å². The first-order chi connectivity index (χ1) is 12.2. The summed E-state index contributed by atoms with van der Waals surface area (Å²) in [4.78, 5) is 7.71. The monoisotopic (exact) mass is 359 g/mol. The summed E-state index contributed by atoms with van der Waals surface area (Å²) in [5.74, 6) is 1.80. The van der Waals surface area contributed by atoms with E-state index in [1.807, 2.05) is 17.4 Å². The fourth-order valence-electron chi connectivity index (χ4n) is 3.41. The van der Waals surface area contributed by atoms with Crippen LogP contribution in [0, 0.1) is 5.92 Å². The van der Waals surface area contributed by atoms with Crippen molar-refractivity contribution in [2.45, 2.75) is 25.8 Å². The summed E-state index contributed by atoms with van der Waals surface area (Å²) in [6.07, 6.45) is 4.35. The summed E-state index contributed by atoms with van der Waals surface area (Å²) >= 11 is 1.82. The number of rotatable bonds is 6. The molecule has 1 aliphatic rings. The molecule has 1 aromatic carbocycles. The van der Waals surface area contributed by atoms with E-state index in [-0.39, 0.29) is 5.75 Å². The Morgan fingerprint density at radius 3 is 2.84 bits per heavy atom. The Morgan fingerprint density at radius 2 is 2.16 bits per heavy atom. The second-order valence-corrected chi connectivity index (χ2v) is 7.81. The van der Waals surface area contributed by atoms with Gasteiger partial charge in [0.25, 0.3) is 0 Å². The molecule has 2 aromatic rings. The summed E-state index contributed by atoms with van der Waals surface area (Å²) in [5, 5.41) is 12.2. The highest BCUT2D eigenvalue weighted by atomic mass is 32.1. The van der Waals surface area contributed by atoms with E-state index in [9.17, 15) is 5.11 Å². The van der Waals surface area contributed by atoms with Gasteiger partial charge in [-0.05, 0) is 48.4 Å². The van der Waals surface area contributed by atoms with Crippen LogP contribution in [-0.2, 0) is 0 Å². The molecule has 0 amide bonds. The second-order valence-electron chi connectivity index (χ2n) is 6.83. The summed E-state index contributed by atoms with van der Waals surface area (Å²) in [6, 6.07) is 9.95. The summed E-state index contributed by atoms with van der Waals surface area (Å²) in [7, 11) is 1.63. The smallest absolute Gasteiger partial charge is 0.142 e. The van der Waals surface area contributed by atoms with Crippen LogP contribution in [0.25, 0.3) is 0 Å². The van der Waals surface area contributed by atoms with Crippen LogP contribution in [0.5, 0.6) is 11.5 Å². The molecule has 0 aliphatic carbocycles. The fourth-order valence-corrected chi connectivity index (χ4v) is 4.29. The molecule has 1 fully saturated rings. The van der Waals surface area contributed by atoms with Gasteiger partial charge in [-0.15, -0.1) is 11.3 Å². The summed E-state index contributed by atoms with van der Waals surface area (Å²) in [5.41, 5.74) is 0.701. The predicted molar refractivity (Wildman–Crippen MR) is 103 cm³/mol. The van der Waals surface area contributed by atoms with Crippen LogP contribution in [0.2, 0.25) is 0 Å². The average molecular weight is 360 g/mol. The lowest BCUT2D eigenvalue weighted by Gasteiger charge is -2.32. The number of aromatic hydroxyl groups is 1. The lowest BCUT2D eigenvalue weighted by Crippen LogP contribution is -3.13. The van der Waals surface area contributed by atoms with Crippen LogP contribution < -0.4 is 9.64 Å². The van der Waals surface area contributed by atoms with Crippen molar-refractivity contribution in [3.05, 3.63) is 46.2 Å². The maximum atomic E-state index is 10.0. The van der Waals surface area contributed by atoms with Gasteiger partial charge in [0.15, 0.2) is 0 Å². The highest BCUT2D eigenvalue weighted by Gasteiger charge is 2.28. The minimum atomic E-state index is 0.233. The van der Waals surface area contributed by atoms with E-state index < -0.39 is 0 Å². The molecule has 3 rings (SSSR count). The highest BCUT2D eigenvalue weighted by Crippen LogP contribution is 2.22. The SMILES string of the molecule is COc1ccc(O)c(C=NC[C@H](c2cccs2)[NH+]2CCC(C)CC2)c1. The van der Waals surface area contributed by atoms with Crippen LogP contribution in [-0.4, -0.2) is 38.1 Å². The molecule has 0 bridgehead atoms. The third-order valence-electron chi connectivity index (χ3n) is 5.05. The lowest BCUT2D eigenvalue weighted by molar-refractivity contribution is -0.935. The molecular formula is C20H27N2O2S+. The van der Waals surface area contributed by atoms with Crippen LogP contribution >= 0.6 is 11.3 Å². The van der Waals surface area contributed by atoms with Crippen LogP contribution in [0.3, 0.4) is 0 Å². The molecule has 1 saturated heterocycles. The average Bonchev–Trinajstić information content (AvgIpc) is 3.15. The van der Waals surface area contributed by atoms with Gasteiger partial charge in [-0.25, -0.2) is 0 Å². The van der Waals surface area contributed by atoms with Crippen LogP contribution in [0.4, 0.5) is 0 Å². The zero-order valence-corrected chi connectivity index (χ0v) is 15.8. The van der Waals surface area contributed by atoms with Gasteiger partial charge in [-0.3, -0.25) is 4.99 Å². The molecule has 4 nitrogen and oxygen atoms in total. The van der Waals surface area contributed by atoms with Gasteiger partial charge in [0.2, 0.25) is 0 Å². The van der Waals surface area contributed by atoms with Crippen LogP contribution in [0.1, 0.15) is 36.2 Å². The molecule has 0 radical (unpaired) electrons. The minimum Gasteiger partial charge on any atom is -0.507 e. The van der Waals surface area contributed by atoms with Crippen molar-refractivity contribution in [1.29, 1.82) is 0 Å². The van der Waals surface area contributed by atoms with Crippen molar-refractivity contribution in [3.63, 3.8) is 0 Å². The number of ether oxygens (including phenoxy) is 1. The van der Waals surface area contributed by atoms with Crippen molar-refractivity contribution in [2.75, 3.05) is 26.7 Å². The highest BCUT2D eigenvalue weighted by molar-refractivity contribution is 7.10. The molecule has 0 unspecified atom stereocenters. The Balaban J connectivity index is 1.72. The first kappa shape index (κ1) is 18.0. The maximum absolute atomic E-state index is 10.0. The van der Waals surface area contributed by atoms with Crippen molar-refractivity contribution >= 4 is 17.6 Å². The molecule has 1 aromatic heterocycles. The first-order valence-corrected chi connectivity index (χ1v) is 9.80. The molecule has 1 aliphatic heterocycles. The number of nitrogens with one attached hydrogen (secondary N) is 1. The lowest BCUT2D eigenvalue weighted by atomic mass is 9.97. The van der Waals surface area contributed by atoms with Gasteiger partial charge in [0, 0.05) is 11.8 Å². The van der Waals surface area contributed by atoms with Crippen molar-refractivity contribution in [3.8, 4) is 11.5 Å². The van der Waals surface area contributed by atoms with E-state index in [4.69, 9.17) is 4.74 Å². The predicted octanol–water partition coefficient (Wildman–Crippen LogP) is 2.94. The molecule has 2 heterocycles. The Kier molecular flexibility index (Phi) is 6.10.